The monoisotopic (exact) mass is 533 g/mol. The van der Waals surface area contributed by atoms with Gasteiger partial charge in [-0.25, -0.2) is 13.2 Å². The van der Waals surface area contributed by atoms with Gasteiger partial charge in [-0.05, 0) is 57.9 Å². The number of hydrogen-bond donors (Lipinski definition) is 1. The lowest BCUT2D eigenvalue weighted by molar-refractivity contribution is 0.0219. The molecule has 1 saturated heterocycles. The number of anilines is 1. The first-order chi connectivity index (χ1) is 17.5. The number of ether oxygens (including phenoxy) is 3. The number of furan rings is 1. The Kier molecular flexibility index (Phi) is 7.35. The smallest absolute Gasteiger partial charge is 0.410 e. The van der Waals surface area contributed by atoms with E-state index in [1.54, 1.807) is 51.1 Å². The van der Waals surface area contributed by atoms with Crippen LogP contribution in [0.4, 0.5) is 10.7 Å². The van der Waals surface area contributed by atoms with E-state index in [-0.39, 0.29) is 18.3 Å². The lowest BCUT2D eigenvalue weighted by Crippen LogP contribution is -2.48. The number of rotatable bonds is 7. The molecule has 0 saturated carbocycles. The van der Waals surface area contributed by atoms with Gasteiger partial charge < -0.3 is 23.5 Å². The van der Waals surface area contributed by atoms with E-state index in [0.717, 1.165) is 0 Å². The molecule has 0 radical (unpaired) electrons. The van der Waals surface area contributed by atoms with Crippen molar-refractivity contribution >= 4 is 22.1 Å². The van der Waals surface area contributed by atoms with Gasteiger partial charge in [-0.15, -0.1) is 10.2 Å². The molecule has 13 heteroatoms. The van der Waals surface area contributed by atoms with E-state index in [2.05, 4.69) is 14.9 Å². The normalized spacial score (nSPS) is 16.4. The first kappa shape index (κ1) is 26.3. The van der Waals surface area contributed by atoms with Crippen LogP contribution in [-0.2, 0) is 14.8 Å². The zero-order valence-corrected chi connectivity index (χ0v) is 22.2. The highest BCUT2D eigenvalue weighted by Gasteiger charge is 2.36. The van der Waals surface area contributed by atoms with Crippen LogP contribution in [0.3, 0.4) is 0 Å². The zero-order chi connectivity index (χ0) is 26.8. The SMILES string of the molecule is COc1cccc(OC)c1-n1c(NS(=O)(=O)[C@@H]2CCCN(C(=O)OC(C)(C)C)C2)nnc1-c1ccco1. The fraction of sp³-hybridized carbons (Fsp3) is 0.458. The minimum atomic E-state index is -4.01. The summed E-state index contributed by atoms with van der Waals surface area (Å²) >= 11 is 0. The average molecular weight is 534 g/mol. The molecule has 3 heterocycles. The van der Waals surface area contributed by atoms with E-state index in [1.807, 2.05) is 0 Å². The summed E-state index contributed by atoms with van der Waals surface area (Å²) < 4.78 is 53.2. The predicted molar refractivity (Wildman–Crippen MR) is 136 cm³/mol. The molecule has 1 fully saturated rings. The molecule has 200 valence electrons. The number of nitrogens with one attached hydrogen (secondary N) is 1. The van der Waals surface area contributed by atoms with Crippen LogP contribution in [-0.4, -0.2) is 72.3 Å². The van der Waals surface area contributed by atoms with Crippen LogP contribution in [0.2, 0.25) is 0 Å². The van der Waals surface area contributed by atoms with Crippen molar-refractivity contribution in [3.63, 3.8) is 0 Å². The molecular formula is C24H31N5O7S. The Morgan fingerprint density at radius 1 is 1.11 bits per heavy atom. The molecule has 0 aliphatic carbocycles. The maximum Gasteiger partial charge on any atom is 0.410 e. The van der Waals surface area contributed by atoms with Gasteiger partial charge in [0.15, 0.2) is 5.76 Å². The minimum Gasteiger partial charge on any atom is -0.494 e. The molecule has 1 atom stereocenters. The van der Waals surface area contributed by atoms with Crippen molar-refractivity contribution in [3.05, 3.63) is 36.6 Å². The van der Waals surface area contributed by atoms with Crippen LogP contribution in [0, 0.1) is 0 Å². The Hall–Kier alpha value is -3.74. The van der Waals surface area contributed by atoms with Crippen molar-refractivity contribution in [2.24, 2.45) is 0 Å². The lowest BCUT2D eigenvalue weighted by atomic mass is 10.1. The molecule has 4 rings (SSSR count). The van der Waals surface area contributed by atoms with Crippen LogP contribution in [0.5, 0.6) is 11.5 Å². The molecule has 1 amide bonds. The number of sulfonamides is 1. The van der Waals surface area contributed by atoms with E-state index < -0.39 is 27.0 Å². The zero-order valence-electron chi connectivity index (χ0n) is 21.4. The summed E-state index contributed by atoms with van der Waals surface area (Å²) in [5, 5.41) is 7.44. The summed E-state index contributed by atoms with van der Waals surface area (Å²) in [7, 11) is -1.02. The number of amides is 1. The molecule has 1 aliphatic rings. The van der Waals surface area contributed by atoms with Gasteiger partial charge in [0, 0.05) is 13.1 Å². The second-order valence-corrected chi connectivity index (χ2v) is 11.5. The largest absolute Gasteiger partial charge is 0.494 e. The fourth-order valence-electron chi connectivity index (χ4n) is 4.07. The fourth-order valence-corrected chi connectivity index (χ4v) is 5.48. The quantitative estimate of drug-likeness (QED) is 0.482. The van der Waals surface area contributed by atoms with E-state index in [1.165, 1.54) is 29.9 Å². The second-order valence-electron chi connectivity index (χ2n) is 9.51. The Morgan fingerprint density at radius 3 is 2.41 bits per heavy atom. The van der Waals surface area contributed by atoms with Crippen molar-refractivity contribution in [2.45, 2.75) is 44.5 Å². The van der Waals surface area contributed by atoms with Gasteiger partial charge in [0.2, 0.25) is 21.8 Å². The summed E-state index contributed by atoms with van der Waals surface area (Å²) in [6.45, 7) is 5.69. The third-order valence-corrected chi connectivity index (χ3v) is 7.46. The number of benzene rings is 1. The Bertz CT molecular complexity index is 1320. The van der Waals surface area contributed by atoms with Crippen molar-refractivity contribution < 1.29 is 31.8 Å². The molecule has 0 unspecified atom stereocenters. The Morgan fingerprint density at radius 2 is 1.81 bits per heavy atom. The molecule has 1 aromatic carbocycles. The van der Waals surface area contributed by atoms with Gasteiger partial charge in [0.1, 0.15) is 22.8 Å². The van der Waals surface area contributed by atoms with Crippen LogP contribution in [0.15, 0.2) is 41.0 Å². The van der Waals surface area contributed by atoms with Gasteiger partial charge in [0.25, 0.3) is 0 Å². The second kappa shape index (κ2) is 10.3. The number of carbonyl (C=O) groups excluding carboxylic acids is 1. The van der Waals surface area contributed by atoms with Gasteiger partial charge in [0.05, 0.1) is 25.7 Å². The van der Waals surface area contributed by atoms with Gasteiger partial charge >= 0.3 is 6.09 Å². The van der Waals surface area contributed by atoms with Crippen LogP contribution in [0.1, 0.15) is 33.6 Å². The summed E-state index contributed by atoms with van der Waals surface area (Å²) in [6, 6.07) is 8.53. The third kappa shape index (κ3) is 5.66. The number of aromatic nitrogens is 3. The Balaban J connectivity index is 1.71. The van der Waals surface area contributed by atoms with Crippen LogP contribution >= 0.6 is 0 Å². The molecule has 37 heavy (non-hydrogen) atoms. The number of likely N-dealkylation sites (tertiary alicyclic amines) is 1. The highest BCUT2D eigenvalue weighted by molar-refractivity contribution is 7.93. The first-order valence-electron chi connectivity index (χ1n) is 11.7. The van der Waals surface area contributed by atoms with Crippen molar-refractivity contribution in [1.82, 2.24) is 19.7 Å². The van der Waals surface area contributed by atoms with E-state index in [9.17, 15) is 13.2 Å². The number of methoxy groups -OCH3 is 2. The van der Waals surface area contributed by atoms with E-state index in [0.29, 0.717) is 42.3 Å². The highest BCUT2D eigenvalue weighted by atomic mass is 32.2. The molecule has 1 N–H and O–H groups in total. The molecule has 0 spiro atoms. The molecular weight excluding hydrogens is 502 g/mol. The van der Waals surface area contributed by atoms with Gasteiger partial charge in [-0.3, -0.25) is 9.29 Å². The van der Waals surface area contributed by atoms with Crippen molar-refractivity contribution in [2.75, 3.05) is 32.0 Å². The number of para-hydroxylation sites is 1. The van der Waals surface area contributed by atoms with E-state index in [4.69, 9.17) is 18.6 Å². The standard InChI is InChI=1S/C24H31N5O7S/c1-24(2,3)36-23(30)28-13-7-9-16(15-28)37(31,32)27-22-26-25-21(19-12-8-14-35-19)29(22)20-17(33-4)10-6-11-18(20)34-5/h6,8,10-12,14,16H,7,9,13,15H2,1-5H3,(H,26,27)/t16-/m1/s1. The molecule has 3 aromatic rings. The maximum atomic E-state index is 13.5. The van der Waals surface area contributed by atoms with Gasteiger partial charge in [-0.1, -0.05) is 6.07 Å². The highest BCUT2D eigenvalue weighted by Crippen LogP contribution is 2.38. The number of piperidine rings is 1. The number of nitrogens with zero attached hydrogens (tertiary/aromatic N) is 4. The Labute approximate surface area is 215 Å². The molecule has 1 aliphatic heterocycles. The summed E-state index contributed by atoms with van der Waals surface area (Å²) in [5.74, 6) is 1.33. The summed E-state index contributed by atoms with van der Waals surface area (Å²) in [4.78, 5) is 14.0. The van der Waals surface area contributed by atoms with Crippen LogP contribution < -0.4 is 14.2 Å². The lowest BCUT2D eigenvalue weighted by Gasteiger charge is -2.33. The molecule has 0 bridgehead atoms. The number of carbonyl (C=O) groups is 1. The minimum absolute atomic E-state index is 0.0125. The van der Waals surface area contributed by atoms with Crippen molar-refractivity contribution in [1.29, 1.82) is 0 Å². The average Bonchev–Trinajstić information content (AvgIpc) is 3.52. The molecule has 2 aromatic heterocycles. The van der Waals surface area contributed by atoms with Gasteiger partial charge in [-0.2, -0.15) is 0 Å². The maximum absolute atomic E-state index is 13.5. The third-order valence-electron chi connectivity index (χ3n) is 5.73. The summed E-state index contributed by atoms with van der Waals surface area (Å²) in [5.41, 5.74) is -0.297. The van der Waals surface area contributed by atoms with E-state index >= 15 is 0 Å². The number of hydrogen-bond acceptors (Lipinski definition) is 9. The van der Waals surface area contributed by atoms with Crippen molar-refractivity contribution in [3.8, 4) is 28.8 Å². The topological polar surface area (TPSA) is 138 Å². The molecule has 12 nitrogen and oxygen atoms in total. The van der Waals surface area contributed by atoms with Crippen LogP contribution in [0.25, 0.3) is 17.3 Å². The predicted octanol–water partition coefficient (Wildman–Crippen LogP) is 3.69. The summed E-state index contributed by atoms with van der Waals surface area (Å²) in [6.07, 6.45) is 1.81. The first-order valence-corrected chi connectivity index (χ1v) is 13.3.